The molecule has 1 heterocycles. The molecule has 2 rings (SSSR count). The molecule has 0 saturated heterocycles. The standard InChI is InChI=1S/C10H8ClF3N4OS/c1-9(15,10(12,13)14)8(19)16-6-4(11)2-3-5-7(6)18-20-17-5/h2-3H,15H2,1H3,(H,16,19). The average molecular weight is 325 g/mol. The van der Waals surface area contributed by atoms with Crippen LogP contribution in [0.5, 0.6) is 0 Å². The molecule has 1 aromatic carbocycles. The quantitative estimate of drug-likeness (QED) is 0.889. The Labute approximate surface area is 120 Å². The van der Waals surface area contributed by atoms with Gasteiger partial charge in [-0.25, -0.2) is 0 Å². The highest BCUT2D eigenvalue weighted by atomic mass is 35.5. The van der Waals surface area contributed by atoms with Gasteiger partial charge in [-0.05, 0) is 19.1 Å². The topological polar surface area (TPSA) is 80.9 Å². The van der Waals surface area contributed by atoms with Gasteiger partial charge >= 0.3 is 6.18 Å². The highest BCUT2D eigenvalue weighted by Crippen LogP contribution is 2.33. The first-order valence-corrected chi connectivity index (χ1v) is 6.33. The van der Waals surface area contributed by atoms with Gasteiger partial charge in [0.25, 0.3) is 5.91 Å². The largest absolute Gasteiger partial charge is 0.415 e. The normalized spacial score (nSPS) is 15.1. The van der Waals surface area contributed by atoms with Gasteiger partial charge in [-0.3, -0.25) is 4.79 Å². The van der Waals surface area contributed by atoms with Gasteiger partial charge in [-0.2, -0.15) is 21.9 Å². The molecule has 1 aromatic heterocycles. The molecule has 0 aliphatic rings. The van der Waals surface area contributed by atoms with Gasteiger partial charge in [0, 0.05) is 0 Å². The lowest BCUT2D eigenvalue weighted by atomic mass is 10.0. The van der Waals surface area contributed by atoms with Crippen molar-refractivity contribution in [2.45, 2.75) is 18.6 Å². The van der Waals surface area contributed by atoms with Crippen LogP contribution >= 0.6 is 23.3 Å². The fourth-order valence-corrected chi connectivity index (χ4v) is 2.06. The number of fused-ring (bicyclic) bond motifs is 1. The molecule has 0 aliphatic carbocycles. The number of nitrogens with two attached hydrogens (primary N) is 1. The van der Waals surface area contributed by atoms with Crippen LogP contribution in [0, 0.1) is 0 Å². The van der Waals surface area contributed by atoms with Gasteiger partial charge in [-0.1, -0.05) is 11.6 Å². The van der Waals surface area contributed by atoms with Crippen LogP contribution in [-0.2, 0) is 4.79 Å². The maximum absolute atomic E-state index is 12.7. The minimum Gasteiger partial charge on any atom is -0.321 e. The summed E-state index contributed by atoms with van der Waals surface area (Å²) in [6.07, 6.45) is -4.89. The predicted octanol–water partition coefficient (Wildman–Crippen LogP) is 2.56. The molecule has 2 aromatic rings. The third kappa shape index (κ3) is 2.43. The molecular weight excluding hydrogens is 317 g/mol. The molecule has 0 aliphatic heterocycles. The molecule has 0 saturated carbocycles. The Bertz CT molecular complexity index is 670. The summed E-state index contributed by atoms with van der Waals surface area (Å²) in [5.74, 6) is -1.42. The molecule has 0 fully saturated rings. The highest BCUT2D eigenvalue weighted by molar-refractivity contribution is 7.00. The van der Waals surface area contributed by atoms with Gasteiger partial charge in [0.15, 0.2) is 5.54 Å². The van der Waals surface area contributed by atoms with E-state index in [2.05, 4.69) is 14.1 Å². The number of hydrogen-bond acceptors (Lipinski definition) is 5. The van der Waals surface area contributed by atoms with Crippen molar-refractivity contribution in [2.75, 3.05) is 5.32 Å². The number of rotatable bonds is 2. The number of nitrogens with one attached hydrogen (secondary N) is 1. The van der Waals surface area contributed by atoms with E-state index in [0.717, 1.165) is 11.7 Å². The molecule has 1 amide bonds. The first-order valence-electron chi connectivity index (χ1n) is 5.22. The summed E-state index contributed by atoms with van der Waals surface area (Å²) in [6.45, 7) is 0.579. The van der Waals surface area contributed by atoms with Crippen molar-refractivity contribution in [2.24, 2.45) is 5.73 Å². The Hall–Kier alpha value is -1.45. The van der Waals surface area contributed by atoms with Gasteiger partial charge in [0.1, 0.15) is 11.0 Å². The van der Waals surface area contributed by atoms with Crippen LogP contribution < -0.4 is 11.1 Å². The fourth-order valence-electron chi connectivity index (χ4n) is 1.32. The molecule has 0 radical (unpaired) electrons. The average Bonchev–Trinajstić information content (AvgIpc) is 2.79. The zero-order chi connectivity index (χ0) is 15.1. The van der Waals surface area contributed by atoms with Crippen molar-refractivity contribution >= 4 is 46.0 Å². The van der Waals surface area contributed by atoms with E-state index in [1.807, 2.05) is 0 Å². The molecule has 1 unspecified atom stereocenters. The smallest absolute Gasteiger partial charge is 0.321 e. The number of benzene rings is 1. The van der Waals surface area contributed by atoms with Crippen molar-refractivity contribution < 1.29 is 18.0 Å². The summed E-state index contributed by atoms with van der Waals surface area (Å²) in [4.78, 5) is 11.7. The second kappa shape index (κ2) is 4.83. The number of alkyl halides is 3. The van der Waals surface area contributed by atoms with E-state index in [1.165, 1.54) is 6.07 Å². The van der Waals surface area contributed by atoms with E-state index < -0.39 is 17.6 Å². The lowest BCUT2D eigenvalue weighted by molar-refractivity contribution is -0.184. The Morgan fingerprint density at radius 1 is 1.40 bits per heavy atom. The van der Waals surface area contributed by atoms with Crippen molar-refractivity contribution in [3.05, 3.63) is 17.2 Å². The van der Waals surface area contributed by atoms with Crippen LogP contribution in [0.4, 0.5) is 18.9 Å². The van der Waals surface area contributed by atoms with Crippen LogP contribution in [0.2, 0.25) is 5.02 Å². The summed E-state index contributed by atoms with van der Waals surface area (Å²) in [7, 11) is 0. The summed E-state index contributed by atoms with van der Waals surface area (Å²) in [6, 6.07) is 2.95. The number of nitrogens with zero attached hydrogens (tertiary/aromatic N) is 2. The lowest BCUT2D eigenvalue weighted by Crippen LogP contribution is -2.59. The molecule has 20 heavy (non-hydrogen) atoms. The van der Waals surface area contributed by atoms with E-state index in [-0.39, 0.29) is 16.2 Å². The maximum atomic E-state index is 12.7. The summed E-state index contributed by atoms with van der Waals surface area (Å²) in [5.41, 5.74) is 2.60. The number of anilines is 1. The number of hydrogen-bond donors (Lipinski definition) is 2. The SMILES string of the molecule is CC(N)(C(=O)Nc1c(Cl)ccc2nsnc12)C(F)(F)F. The van der Waals surface area contributed by atoms with Crippen LogP contribution in [0.25, 0.3) is 11.0 Å². The van der Waals surface area contributed by atoms with Crippen molar-refractivity contribution in [1.29, 1.82) is 0 Å². The molecule has 108 valence electrons. The number of halogens is 4. The van der Waals surface area contributed by atoms with Crippen LogP contribution in [-0.4, -0.2) is 26.4 Å². The van der Waals surface area contributed by atoms with E-state index >= 15 is 0 Å². The molecule has 10 heteroatoms. The van der Waals surface area contributed by atoms with E-state index in [9.17, 15) is 18.0 Å². The van der Waals surface area contributed by atoms with E-state index in [1.54, 1.807) is 6.07 Å². The monoisotopic (exact) mass is 324 g/mol. The number of carbonyl (C=O) groups is 1. The number of amides is 1. The Kier molecular flexibility index (Phi) is 3.61. The maximum Gasteiger partial charge on any atom is 0.415 e. The fraction of sp³-hybridized carbons (Fsp3) is 0.300. The molecule has 0 spiro atoms. The summed E-state index contributed by atoms with van der Waals surface area (Å²) in [5, 5.41) is 2.13. The third-order valence-electron chi connectivity index (χ3n) is 2.68. The lowest BCUT2D eigenvalue weighted by Gasteiger charge is -2.26. The zero-order valence-corrected chi connectivity index (χ0v) is 11.5. The van der Waals surface area contributed by atoms with Gasteiger partial charge in [0.05, 0.1) is 22.4 Å². The minimum absolute atomic E-state index is 0.0381. The Balaban J connectivity index is 2.40. The minimum atomic E-state index is -4.89. The third-order valence-corrected chi connectivity index (χ3v) is 3.53. The Morgan fingerprint density at radius 3 is 2.65 bits per heavy atom. The second-order valence-corrected chi connectivity index (χ2v) is 5.14. The molecule has 3 N–H and O–H groups in total. The van der Waals surface area contributed by atoms with Gasteiger partial charge in [0.2, 0.25) is 0 Å². The van der Waals surface area contributed by atoms with Crippen LogP contribution in [0.3, 0.4) is 0 Å². The first kappa shape index (κ1) is 14.9. The van der Waals surface area contributed by atoms with Gasteiger partial charge < -0.3 is 11.1 Å². The highest BCUT2D eigenvalue weighted by Gasteiger charge is 2.54. The van der Waals surface area contributed by atoms with Crippen molar-refractivity contribution in [1.82, 2.24) is 8.75 Å². The first-order chi connectivity index (χ1) is 9.14. The van der Waals surface area contributed by atoms with E-state index in [4.69, 9.17) is 17.3 Å². The van der Waals surface area contributed by atoms with Crippen molar-refractivity contribution in [3.63, 3.8) is 0 Å². The van der Waals surface area contributed by atoms with Gasteiger partial charge in [-0.15, -0.1) is 0 Å². The van der Waals surface area contributed by atoms with E-state index in [0.29, 0.717) is 12.4 Å². The summed E-state index contributed by atoms with van der Waals surface area (Å²) >= 11 is 6.72. The predicted molar refractivity (Wildman–Crippen MR) is 69.7 cm³/mol. The molecule has 5 nitrogen and oxygen atoms in total. The van der Waals surface area contributed by atoms with Crippen LogP contribution in [0.15, 0.2) is 12.1 Å². The molecular formula is C10H8ClF3N4OS. The number of aromatic nitrogens is 2. The van der Waals surface area contributed by atoms with Crippen molar-refractivity contribution in [3.8, 4) is 0 Å². The number of carbonyl (C=O) groups excluding carboxylic acids is 1. The zero-order valence-electron chi connectivity index (χ0n) is 9.95. The molecule has 0 bridgehead atoms. The van der Waals surface area contributed by atoms with Crippen LogP contribution in [0.1, 0.15) is 6.92 Å². The summed E-state index contributed by atoms with van der Waals surface area (Å²) < 4.78 is 45.9. The molecule has 1 atom stereocenters. The second-order valence-electron chi connectivity index (χ2n) is 4.21. The Morgan fingerprint density at radius 2 is 2.05 bits per heavy atom.